The van der Waals surface area contributed by atoms with E-state index in [9.17, 15) is 22.4 Å². The number of halogens is 2. The molecule has 0 fully saturated rings. The van der Waals surface area contributed by atoms with Crippen molar-refractivity contribution < 1.29 is 12.8 Å². The number of aromatic nitrogens is 2. The molecule has 0 radical (unpaired) electrons. The Hall–Kier alpha value is -3.63. The second-order valence-corrected chi connectivity index (χ2v) is 9.64. The smallest absolute Gasteiger partial charge is 0.314 e. The minimum atomic E-state index is -4.37. The molecular weight excluding hydrogens is 471 g/mol. The monoisotopic (exact) mass is 486 g/mol. The fourth-order valence-corrected chi connectivity index (χ4v) is 5.23. The van der Waals surface area contributed by atoms with Crippen molar-refractivity contribution in [2.24, 2.45) is 0 Å². The first-order valence-corrected chi connectivity index (χ1v) is 11.7. The molecule has 1 aliphatic rings. The van der Waals surface area contributed by atoms with Crippen LogP contribution in [0.5, 0.6) is 0 Å². The van der Waals surface area contributed by atoms with Gasteiger partial charge in [0.1, 0.15) is 10.7 Å². The van der Waals surface area contributed by atoms with Gasteiger partial charge in [-0.15, -0.1) is 0 Å². The summed E-state index contributed by atoms with van der Waals surface area (Å²) in [6.07, 6.45) is 0.958. The molecule has 168 valence electrons. The number of benzene rings is 3. The van der Waals surface area contributed by atoms with E-state index in [1.165, 1.54) is 17.7 Å². The lowest BCUT2D eigenvalue weighted by Crippen LogP contribution is -2.29. The Morgan fingerprint density at radius 1 is 0.939 bits per heavy atom. The predicted octanol–water partition coefficient (Wildman–Crippen LogP) is 3.44. The van der Waals surface area contributed by atoms with Crippen molar-refractivity contribution in [3.63, 3.8) is 0 Å². The number of H-pyrrole nitrogens is 2. The van der Waals surface area contributed by atoms with E-state index in [1.54, 1.807) is 6.07 Å². The van der Waals surface area contributed by atoms with Gasteiger partial charge in [0.15, 0.2) is 0 Å². The Balaban J connectivity index is 1.48. The molecule has 0 bridgehead atoms. The summed E-state index contributed by atoms with van der Waals surface area (Å²) in [5.74, 6) is -1.09. The number of hydrogen-bond donors (Lipinski definition) is 4. The molecule has 0 amide bonds. The van der Waals surface area contributed by atoms with Gasteiger partial charge in [-0.05, 0) is 41.8 Å². The van der Waals surface area contributed by atoms with Crippen molar-refractivity contribution >= 4 is 44.0 Å². The van der Waals surface area contributed by atoms with Crippen molar-refractivity contribution in [1.82, 2.24) is 9.97 Å². The predicted molar refractivity (Wildman–Crippen MR) is 125 cm³/mol. The molecule has 8 nitrogen and oxygen atoms in total. The van der Waals surface area contributed by atoms with Crippen molar-refractivity contribution in [2.75, 3.05) is 16.6 Å². The van der Waals surface area contributed by atoms with Gasteiger partial charge in [0, 0.05) is 23.9 Å². The van der Waals surface area contributed by atoms with Crippen LogP contribution in [0.1, 0.15) is 5.56 Å². The highest BCUT2D eigenvalue weighted by molar-refractivity contribution is 7.92. The highest BCUT2D eigenvalue weighted by atomic mass is 35.5. The lowest BCUT2D eigenvalue weighted by molar-refractivity contribution is 0.571. The normalized spacial score (nSPS) is 13.0. The summed E-state index contributed by atoms with van der Waals surface area (Å²) in [7, 11) is -4.37. The molecule has 2 heterocycles. The Morgan fingerprint density at radius 2 is 1.67 bits per heavy atom. The van der Waals surface area contributed by atoms with Crippen LogP contribution in [0.15, 0.2) is 63.0 Å². The average Bonchev–Trinajstić information content (AvgIpc) is 3.22. The summed E-state index contributed by atoms with van der Waals surface area (Å²) in [5.41, 5.74) is 1.99. The zero-order chi connectivity index (χ0) is 23.3. The lowest BCUT2D eigenvalue weighted by Gasteiger charge is -2.12. The third kappa shape index (κ3) is 3.87. The van der Waals surface area contributed by atoms with Crippen molar-refractivity contribution in [3.8, 4) is 11.1 Å². The van der Waals surface area contributed by atoms with Crippen LogP contribution < -0.4 is 21.2 Å². The summed E-state index contributed by atoms with van der Waals surface area (Å²) in [4.78, 5) is 26.7. The lowest BCUT2D eigenvalue weighted by atomic mass is 10.0. The van der Waals surface area contributed by atoms with Gasteiger partial charge in [-0.25, -0.2) is 12.8 Å². The van der Waals surface area contributed by atoms with Gasteiger partial charge in [-0.2, -0.15) is 0 Å². The highest BCUT2D eigenvalue weighted by Gasteiger charge is 2.22. The quantitative estimate of drug-likeness (QED) is 0.329. The number of rotatable bonds is 4. The first kappa shape index (κ1) is 21.2. The topological polar surface area (TPSA) is 124 Å². The molecule has 0 unspecified atom stereocenters. The number of fused-ring (bicyclic) bond motifs is 2. The Kier molecular flexibility index (Phi) is 4.98. The molecular formula is C22H16ClFN4O4S. The zero-order valence-corrected chi connectivity index (χ0v) is 18.4. The van der Waals surface area contributed by atoms with Crippen molar-refractivity contribution in [1.29, 1.82) is 0 Å². The molecule has 1 aliphatic heterocycles. The fraction of sp³-hybridized carbons (Fsp3) is 0.0909. The first-order valence-electron chi connectivity index (χ1n) is 9.87. The third-order valence-corrected chi connectivity index (χ3v) is 7.13. The van der Waals surface area contributed by atoms with Crippen LogP contribution in [0.2, 0.25) is 5.02 Å². The fourth-order valence-electron chi connectivity index (χ4n) is 3.81. The molecule has 0 saturated carbocycles. The molecule has 0 spiro atoms. The summed E-state index contributed by atoms with van der Waals surface area (Å²) in [6.45, 7) is 0.878. The molecule has 0 atom stereocenters. The van der Waals surface area contributed by atoms with Crippen LogP contribution >= 0.6 is 11.6 Å². The maximum absolute atomic E-state index is 14.6. The van der Waals surface area contributed by atoms with Gasteiger partial charge in [0.25, 0.3) is 10.0 Å². The van der Waals surface area contributed by atoms with E-state index in [2.05, 4.69) is 20.0 Å². The Morgan fingerprint density at radius 3 is 2.39 bits per heavy atom. The van der Waals surface area contributed by atoms with Gasteiger partial charge in [-0.1, -0.05) is 29.8 Å². The van der Waals surface area contributed by atoms with E-state index in [-0.39, 0.29) is 16.7 Å². The van der Waals surface area contributed by atoms with Crippen LogP contribution in [0, 0.1) is 5.82 Å². The number of hydrogen-bond acceptors (Lipinski definition) is 5. The number of aromatic amines is 2. The molecule has 3 aromatic carbocycles. The molecule has 0 saturated heterocycles. The third-order valence-electron chi connectivity index (χ3n) is 5.42. The molecule has 5 rings (SSSR count). The van der Waals surface area contributed by atoms with Crippen LogP contribution in [0.25, 0.3) is 22.2 Å². The standard InChI is InChI=1S/C22H16ClFN4O4S/c23-15-8-13(3-4-14(15)12-2-1-11-5-6-25-17(11)7-12)28-33(31,32)20-10-19-18(9-16(20)24)26-21(29)22(30)27-19/h1-4,7-10,25,28H,5-6H2,(H,26,29)(H,27,30). The van der Waals surface area contributed by atoms with E-state index in [0.717, 1.165) is 41.9 Å². The van der Waals surface area contributed by atoms with Gasteiger partial charge in [-0.3, -0.25) is 14.3 Å². The van der Waals surface area contributed by atoms with Gasteiger partial charge in [0.05, 0.1) is 21.7 Å². The van der Waals surface area contributed by atoms with Crippen LogP contribution in [-0.4, -0.2) is 24.9 Å². The molecule has 0 aliphatic carbocycles. The molecule has 33 heavy (non-hydrogen) atoms. The van der Waals surface area contributed by atoms with E-state index in [1.807, 2.05) is 18.2 Å². The summed E-state index contributed by atoms with van der Waals surface area (Å²) >= 11 is 6.43. The van der Waals surface area contributed by atoms with Gasteiger partial charge >= 0.3 is 11.1 Å². The summed E-state index contributed by atoms with van der Waals surface area (Å²) < 4.78 is 42.5. The summed E-state index contributed by atoms with van der Waals surface area (Å²) in [6, 6.07) is 12.4. The van der Waals surface area contributed by atoms with Crippen LogP contribution in [0.3, 0.4) is 0 Å². The van der Waals surface area contributed by atoms with Gasteiger partial charge < -0.3 is 15.3 Å². The number of sulfonamides is 1. The number of anilines is 2. The largest absolute Gasteiger partial charge is 0.384 e. The summed E-state index contributed by atoms with van der Waals surface area (Å²) in [5, 5.41) is 3.62. The molecule has 1 aromatic heterocycles. The van der Waals surface area contributed by atoms with Crippen LogP contribution in [0.4, 0.5) is 15.8 Å². The minimum absolute atomic E-state index is 0.0278. The first-order chi connectivity index (χ1) is 15.7. The van der Waals surface area contributed by atoms with E-state index in [0.29, 0.717) is 5.02 Å². The molecule has 4 aromatic rings. The average molecular weight is 487 g/mol. The van der Waals surface area contributed by atoms with Gasteiger partial charge in [0.2, 0.25) is 0 Å². The number of nitrogens with one attached hydrogen (secondary N) is 4. The van der Waals surface area contributed by atoms with Crippen molar-refractivity contribution in [2.45, 2.75) is 11.3 Å². The van der Waals surface area contributed by atoms with E-state index in [4.69, 9.17) is 11.6 Å². The second-order valence-electron chi connectivity index (χ2n) is 7.59. The zero-order valence-electron chi connectivity index (χ0n) is 16.8. The Labute approximate surface area is 191 Å². The Bertz CT molecular complexity index is 1660. The van der Waals surface area contributed by atoms with Crippen LogP contribution in [-0.2, 0) is 16.4 Å². The molecule has 4 N–H and O–H groups in total. The van der Waals surface area contributed by atoms with E-state index < -0.39 is 31.9 Å². The maximum Gasteiger partial charge on any atom is 0.314 e. The second kappa shape index (κ2) is 7.75. The minimum Gasteiger partial charge on any atom is -0.384 e. The highest BCUT2D eigenvalue weighted by Crippen LogP contribution is 2.35. The maximum atomic E-state index is 14.6. The van der Waals surface area contributed by atoms with E-state index >= 15 is 0 Å². The SMILES string of the molecule is O=c1[nH]c2cc(F)c(S(=O)(=O)Nc3ccc(-c4ccc5c(c4)NCC5)c(Cl)c3)cc2[nH]c1=O. The molecule has 11 heteroatoms. The van der Waals surface area contributed by atoms with Crippen molar-refractivity contribution in [3.05, 3.63) is 85.6 Å².